The minimum Gasteiger partial charge on any atom is -0.508 e. The smallest absolute Gasteiger partial charge is 0.408 e. The fourth-order valence-electron chi connectivity index (χ4n) is 5.62. The second-order valence-electron chi connectivity index (χ2n) is 13.1. The third kappa shape index (κ3) is 10.5. The van der Waals surface area contributed by atoms with E-state index >= 15 is 0 Å². The molecule has 4 aromatic rings. The number of phenolic OH excluding ortho intramolecular Hbond substituents is 2. The number of alkyl carbamates (subject to hydrolysis) is 1. The first-order valence-corrected chi connectivity index (χ1v) is 16.6. The molecule has 9 nitrogen and oxygen atoms in total. The quantitative estimate of drug-likeness (QED) is 0.103. The van der Waals surface area contributed by atoms with Gasteiger partial charge in [-0.05, 0) is 85.5 Å². The van der Waals surface area contributed by atoms with Crippen LogP contribution < -0.4 is 10.6 Å². The van der Waals surface area contributed by atoms with Crippen LogP contribution in [0.3, 0.4) is 0 Å². The van der Waals surface area contributed by atoms with Crippen molar-refractivity contribution in [2.24, 2.45) is 0 Å². The van der Waals surface area contributed by atoms with Crippen molar-refractivity contribution in [1.82, 2.24) is 10.2 Å². The van der Waals surface area contributed by atoms with Crippen LogP contribution in [0.5, 0.6) is 11.5 Å². The lowest BCUT2D eigenvalue weighted by Crippen LogP contribution is -2.53. The number of anilines is 1. The molecule has 0 heterocycles. The van der Waals surface area contributed by atoms with E-state index in [4.69, 9.17) is 4.74 Å². The number of unbranched alkanes of at least 4 members (excludes halogenated alkanes) is 4. The highest BCUT2D eigenvalue weighted by Gasteiger charge is 2.36. The largest absolute Gasteiger partial charge is 0.508 e. The molecule has 3 amide bonds. The van der Waals surface area contributed by atoms with E-state index in [-0.39, 0.29) is 24.5 Å². The SMILES string of the molecule is CCCCCCCN(C(=O)C(Cc1ccc(O)cc1)NC(=O)OC(C)(C)C)C(C(=O)Nc1ccc2ccccc2c1)c1cccc(O)c1. The van der Waals surface area contributed by atoms with E-state index in [1.807, 2.05) is 42.5 Å². The van der Waals surface area contributed by atoms with Crippen LogP contribution in [0.4, 0.5) is 10.5 Å². The van der Waals surface area contributed by atoms with Crippen LogP contribution >= 0.6 is 0 Å². The summed E-state index contributed by atoms with van der Waals surface area (Å²) in [7, 11) is 0. The lowest BCUT2D eigenvalue weighted by atomic mass is 9.99. The second kappa shape index (κ2) is 16.7. The van der Waals surface area contributed by atoms with Gasteiger partial charge in [0.25, 0.3) is 5.91 Å². The summed E-state index contributed by atoms with van der Waals surface area (Å²) in [5, 5.41) is 28.1. The van der Waals surface area contributed by atoms with Gasteiger partial charge in [0.15, 0.2) is 0 Å². The normalized spacial score (nSPS) is 12.6. The maximum Gasteiger partial charge on any atom is 0.408 e. The molecule has 254 valence electrons. The Balaban J connectivity index is 1.75. The highest BCUT2D eigenvalue weighted by Crippen LogP contribution is 2.29. The summed E-state index contributed by atoms with van der Waals surface area (Å²) in [6, 6.07) is 23.9. The molecule has 4 N–H and O–H groups in total. The summed E-state index contributed by atoms with van der Waals surface area (Å²) < 4.78 is 5.53. The number of ether oxygens (including phenoxy) is 1. The molecule has 4 rings (SSSR count). The monoisotopic (exact) mass is 653 g/mol. The van der Waals surface area contributed by atoms with Crippen LogP contribution in [-0.2, 0) is 20.7 Å². The molecular weight excluding hydrogens is 606 g/mol. The molecule has 0 spiro atoms. The lowest BCUT2D eigenvalue weighted by molar-refractivity contribution is -0.140. The average Bonchev–Trinajstić information content (AvgIpc) is 3.03. The number of amides is 3. The van der Waals surface area contributed by atoms with E-state index in [1.165, 1.54) is 29.2 Å². The van der Waals surface area contributed by atoms with Crippen LogP contribution in [0.15, 0.2) is 91.0 Å². The maximum atomic E-state index is 14.7. The van der Waals surface area contributed by atoms with E-state index in [1.54, 1.807) is 45.0 Å². The van der Waals surface area contributed by atoms with Crippen molar-refractivity contribution >= 4 is 34.4 Å². The van der Waals surface area contributed by atoms with Gasteiger partial charge in [-0.2, -0.15) is 0 Å². The number of benzene rings is 4. The van der Waals surface area contributed by atoms with E-state index < -0.39 is 35.6 Å². The Morgan fingerprint density at radius 3 is 2.19 bits per heavy atom. The molecule has 9 heteroatoms. The Labute approximate surface area is 282 Å². The molecule has 2 unspecified atom stereocenters. The van der Waals surface area contributed by atoms with Gasteiger partial charge in [0.2, 0.25) is 5.91 Å². The fourth-order valence-corrected chi connectivity index (χ4v) is 5.62. The Morgan fingerprint density at radius 2 is 1.50 bits per heavy atom. The molecule has 0 bridgehead atoms. The highest BCUT2D eigenvalue weighted by molar-refractivity contribution is 6.00. The molecule has 0 aliphatic heterocycles. The van der Waals surface area contributed by atoms with Gasteiger partial charge in [-0.15, -0.1) is 0 Å². The van der Waals surface area contributed by atoms with Crippen molar-refractivity contribution in [1.29, 1.82) is 0 Å². The molecular formula is C39H47N3O6. The van der Waals surface area contributed by atoms with Gasteiger partial charge >= 0.3 is 6.09 Å². The predicted octanol–water partition coefficient (Wildman–Crippen LogP) is 7.87. The second-order valence-corrected chi connectivity index (χ2v) is 13.1. The number of nitrogens with one attached hydrogen (secondary N) is 2. The number of fused-ring (bicyclic) bond motifs is 1. The Kier molecular flexibility index (Phi) is 12.4. The van der Waals surface area contributed by atoms with Crippen LogP contribution in [0.2, 0.25) is 0 Å². The Bertz CT molecular complexity index is 1680. The van der Waals surface area contributed by atoms with E-state index in [0.29, 0.717) is 23.2 Å². The number of hydrogen-bond acceptors (Lipinski definition) is 6. The van der Waals surface area contributed by atoms with Crippen molar-refractivity contribution in [2.45, 2.75) is 83.9 Å². The summed E-state index contributed by atoms with van der Waals surface area (Å²) in [4.78, 5) is 43.7. The standard InChI is InChI=1S/C39H47N3O6/c1-5-6-7-8-11-23-42(37(46)34(41-38(47)48-39(2,3)4)24-27-17-21-32(43)22-18-27)35(30-15-12-16-33(44)26-30)36(45)40-31-20-19-28-13-9-10-14-29(28)25-31/h9-10,12-22,25-26,34-35,43-44H,5-8,11,23-24H2,1-4H3,(H,40,45)(H,41,47). The van der Waals surface area contributed by atoms with Crippen LogP contribution in [0, 0.1) is 0 Å². The molecule has 4 aromatic carbocycles. The van der Waals surface area contributed by atoms with Crippen molar-refractivity contribution in [3.8, 4) is 11.5 Å². The molecule has 0 saturated heterocycles. The van der Waals surface area contributed by atoms with Gasteiger partial charge in [0, 0.05) is 18.7 Å². The predicted molar refractivity (Wildman–Crippen MR) is 189 cm³/mol. The Morgan fingerprint density at radius 1 is 0.792 bits per heavy atom. The van der Waals surface area contributed by atoms with Crippen LogP contribution in [0.1, 0.15) is 77.0 Å². The minimum atomic E-state index is -1.13. The molecule has 0 aliphatic rings. The number of carbonyl (C=O) groups is 3. The maximum absolute atomic E-state index is 14.7. The van der Waals surface area contributed by atoms with E-state index in [0.717, 1.165) is 36.5 Å². The first-order chi connectivity index (χ1) is 22.9. The van der Waals surface area contributed by atoms with Crippen molar-refractivity contribution in [3.63, 3.8) is 0 Å². The van der Waals surface area contributed by atoms with Crippen LogP contribution in [-0.4, -0.2) is 51.2 Å². The summed E-state index contributed by atoms with van der Waals surface area (Å²) in [6.07, 6.45) is 3.88. The first-order valence-electron chi connectivity index (χ1n) is 16.6. The van der Waals surface area contributed by atoms with Gasteiger partial charge in [-0.3, -0.25) is 9.59 Å². The van der Waals surface area contributed by atoms with Crippen molar-refractivity contribution in [3.05, 3.63) is 102 Å². The molecule has 48 heavy (non-hydrogen) atoms. The first kappa shape index (κ1) is 35.8. The fraction of sp³-hybridized carbons (Fsp3) is 0.359. The number of carbonyl (C=O) groups excluding carboxylic acids is 3. The van der Waals surface area contributed by atoms with Gasteiger partial charge in [0.05, 0.1) is 0 Å². The molecule has 0 aromatic heterocycles. The average molecular weight is 654 g/mol. The van der Waals surface area contributed by atoms with Crippen molar-refractivity contribution < 1.29 is 29.3 Å². The molecule has 0 radical (unpaired) electrons. The van der Waals surface area contributed by atoms with Gasteiger partial charge in [-0.1, -0.05) is 87.2 Å². The molecule has 0 aliphatic carbocycles. The van der Waals surface area contributed by atoms with E-state index in [2.05, 4.69) is 17.6 Å². The third-order valence-electron chi connectivity index (χ3n) is 7.91. The number of rotatable bonds is 14. The zero-order valence-corrected chi connectivity index (χ0v) is 28.2. The van der Waals surface area contributed by atoms with Crippen molar-refractivity contribution in [2.75, 3.05) is 11.9 Å². The third-order valence-corrected chi connectivity index (χ3v) is 7.91. The number of aromatic hydroxyl groups is 2. The molecule has 2 atom stereocenters. The molecule has 0 saturated carbocycles. The summed E-state index contributed by atoms with van der Waals surface area (Å²) in [5.74, 6) is -0.909. The summed E-state index contributed by atoms with van der Waals surface area (Å²) in [6.45, 7) is 7.57. The summed E-state index contributed by atoms with van der Waals surface area (Å²) >= 11 is 0. The topological polar surface area (TPSA) is 128 Å². The minimum absolute atomic E-state index is 0.0427. The van der Waals surface area contributed by atoms with Crippen LogP contribution in [0.25, 0.3) is 10.8 Å². The number of phenols is 2. The lowest BCUT2D eigenvalue weighted by Gasteiger charge is -2.35. The molecule has 0 fully saturated rings. The van der Waals surface area contributed by atoms with Gasteiger partial charge in [0.1, 0.15) is 29.2 Å². The Hall–Kier alpha value is -5.05. The van der Waals surface area contributed by atoms with E-state index in [9.17, 15) is 24.6 Å². The number of nitrogens with zero attached hydrogens (tertiary/aromatic N) is 1. The highest BCUT2D eigenvalue weighted by atomic mass is 16.6. The zero-order chi connectivity index (χ0) is 34.7. The van der Waals surface area contributed by atoms with Gasteiger partial charge in [-0.25, -0.2) is 4.79 Å². The summed E-state index contributed by atoms with van der Waals surface area (Å²) in [5.41, 5.74) is 0.876. The zero-order valence-electron chi connectivity index (χ0n) is 28.2. The number of hydrogen-bond donors (Lipinski definition) is 4. The van der Waals surface area contributed by atoms with Gasteiger partial charge < -0.3 is 30.5 Å².